The molecule has 0 bridgehead atoms. The van der Waals surface area contributed by atoms with Gasteiger partial charge in [0.15, 0.2) is 6.17 Å². The molecule has 3 aromatic carbocycles. The summed E-state index contributed by atoms with van der Waals surface area (Å²) in [5, 5.41) is 19.9. The summed E-state index contributed by atoms with van der Waals surface area (Å²) in [6, 6.07) is 22.8. The monoisotopic (exact) mass is 372 g/mol. The molecule has 0 saturated carbocycles. The molecule has 28 heavy (non-hydrogen) atoms. The van der Waals surface area contributed by atoms with E-state index in [4.69, 9.17) is 0 Å². The fraction of sp³-hybridized carbons (Fsp3) is 0.0476. The molecule has 3 aromatic rings. The van der Waals surface area contributed by atoms with Gasteiger partial charge >= 0.3 is 0 Å². The third kappa shape index (κ3) is 3.33. The van der Waals surface area contributed by atoms with Crippen LogP contribution >= 0.6 is 0 Å². The standard InChI is InChI=1S/C21H16N4O3/c26-21-18-8-4-5-9-19(18)23-20(16-6-2-1-3-7-16)24(21)22-14-15-10-12-17(13-11-15)25(27)28/h1-14,20,23H/b22-14+. The van der Waals surface area contributed by atoms with E-state index < -0.39 is 11.1 Å². The van der Waals surface area contributed by atoms with Crippen LogP contribution in [0.25, 0.3) is 0 Å². The molecule has 1 atom stereocenters. The lowest BCUT2D eigenvalue weighted by atomic mass is 10.1. The van der Waals surface area contributed by atoms with Crippen LogP contribution in [0.15, 0.2) is 84.0 Å². The van der Waals surface area contributed by atoms with Gasteiger partial charge in [0.25, 0.3) is 11.6 Å². The highest BCUT2D eigenvalue weighted by Gasteiger charge is 2.32. The van der Waals surface area contributed by atoms with Crippen molar-refractivity contribution in [1.29, 1.82) is 0 Å². The van der Waals surface area contributed by atoms with Crippen LogP contribution in [0.2, 0.25) is 0 Å². The molecule has 4 rings (SSSR count). The topological polar surface area (TPSA) is 87.8 Å². The first kappa shape index (κ1) is 17.4. The van der Waals surface area contributed by atoms with E-state index in [1.165, 1.54) is 23.4 Å². The number of hydrogen-bond acceptors (Lipinski definition) is 5. The molecule has 1 amide bonds. The molecule has 1 unspecified atom stereocenters. The molecular formula is C21H16N4O3. The minimum Gasteiger partial charge on any atom is -0.359 e. The molecule has 1 aliphatic rings. The van der Waals surface area contributed by atoms with Crippen molar-refractivity contribution in [3.8, 4) is 0 Å². The Hall–Kier alpha value is -4.00. The predicted octanol–water partition coefficient (Wildman–Crippen LogP) is 4.20. The molecule has 1 heterocycles. The molecule has 1 N–H and O–H groups in total. The summed E-state index contributed by atoms with van der Waals surface area (Å²) in [7, 11) is 0. The van der Waals surface area contributed by atoms with Gasteiger partial charge in [-0.05, 0) is 35.4 Å². The minimum absolute atomic E-state index is 0.00366. The normalized spacial score (nSPS) is 15.9. The van der Waals surface area contributed by atoms with Gasteiger partial charge in [0.05, 0.1) is 16.7 Å². The summed E-state index contributed by atoms with van der Waals surface area (Å²) < 4.78 is 0. The molecule has 7 nitrogen and oxygen atoms in total. The number of non-ortho nitro benzene ring substituents is 1. The van der Waals surface area contributed by atoms with Gasteiger partial charge in [-0.15, -0.1) is 0 Å². The Kier molecular flexibility index (Phi) is 4.55. The zero-order valence-corrected chi connectivity index (χ0v) is 14.7. The summed E-state index contributed by atoms with van der Waals surface area (Å²) >= 11 is 0. The Bertz CT molecular complexity index is 1050. The average molecular weight is 372 g/mol. The number of carbonyl (C=O) groups excluding carboxylic acids is 1. The number of nitrogens with one attached hydrogen (secondary N) is 1. The van der Waals surface area contributed by atoms with Crippen molar-refractivity contribution in [3.63, 3.8) is 0 Å². The molecule has 0 aliphatic carbocycles. The first-order chi connectivity index (χ1) is 13.6. The van der Waals surface area contributed by atoms with E-state index >= 15 is 0 Å². The molecule has 0 fully saturated rings. The highest BCUT2D eigenvalue weighted by molar-refractivity contribution is 6.02. The minimum atomic E-state index is -0.460. The van der Waals surface area contributed by atoms with Crippen LogP contribution in [0.4, 0.5) is 11.4 Å². The number of hydrazone groups is 1. The Morgan fingerprint density at radius 3 is 2.36 bits per heavy atom. The van der Waals surface area contributed by atoms with E-state index in [2.05, 4.69) is 10.4 Å². The van der Waals surface area contributed by atoms with Gasteiger partial charge in [0, 0.05) is 17.8 Å². The number of carbonyl (C=O) groups is 1. The quantitative estimate of drug-likeness (QED) is 0.422. The number of rotatable bonds is 4. The van der Waals surface area contributed by atoms with Crippen molar-refractivity contribution in [2.24, 2.45) is 5.10 Å². The Morgan fingerprint density at radius 1 is 0.964 bits per heavy atom. The summed E-state index contributed by atoms with van der Waals surface area (Å²) in [5.41, 5.74) is 2.85. The van der Waals surface area contributed by atoms with Crippen LogP contribution in [0.1, 0.15) is 27.7 Å². The van der Waals surface area contributed by atoms with E-state index in [-0.39, 0.29) is 11.6 Å². The van der Waals surface area contributed by atoms with E-state index in [0.29, 0.717) is 11.1 Å². The molecule has 138 valence electrons. The van der Waals surface area contributed by atoms with Crippen molar-refractivity contribution in [1.82, 2.24) is 5.01 Å². The Labute approximate surface area is 161 Å². The largest absolute Gasteiger partial charge is 0.359 e. The molecular weight excluding hydrogens is 356 g/mol. The number of nitro groups is 1. The van der Waals surface area contributed by atoms with Crippen molar-refractivity contribution >= 4 is 23.5 Å². The molecule has 0 aromatic heterocycles. The Balaban J connectivity index is 1.69. The maximum absolute atomic E-state index is 13.0. The number of amides is 1. The van der Waals surface area contributed by atoms with Gasteiger partial charge in [0.1, 0.15) is 0 Å². The summed E-state index contributed by atoms with van der Waals surface area (Å²) in [5.74, 6) is -0.221. The first-order valence-corrected chi connectivity index (χ1v) is 8.66. The van der Waals surface area contributed by atoms with Crippen molar-refractivity contribution < 1.29 is 9.72 Å². The van der Waals surface area contributed by atoms with E-state index in [1.54, 1.807) is 24.3 Å². The predicted molar refractivity (Wildman–Crippen MR) is 106 cm³/mol. The van der Waals surface area contributed by atoms with Gasteiger partial charge < -0.3 is 5.32 Å². The molecule has 1 aliphatic heterocycles. The van der Waals surface area contributed by atoms with Gasteiger partial charge in [-0.25, -0.2) is 5.01 Å². The highest BCUT2D eigenvalue weighted by atomic mass is 16.6. The van der Waals surface area contributed by atoms with Gasteiger partial charge in [-0.1, -0.05) is 42.5 Å². The smallest absolute Gasteiger partial charge is 0.278 e. The van der Waals surface area contributed by atoms with Gasteiger partial charge in [0.2, 0.25) is 0 Å². The third-order valence-electron chi connectivity index (χ3n) is 4.45. The van der Waals surface area contributed by atoms with Crippen LogP contribution in [0.5, 0.6) is 0 Å². The van der Waals surface area contributed by atoms with Crippen LogP contribution < -0.4 is 5.32 Å². The zero-order valence-electron chi connectivity index (χ0n) is 14.7. The lowest BCUT2D eigenvalue weighted by molar-refractivity contribution is -0.384. The number of nitro benzene ring substituents is 1. The number of hydrogen-bond donors (Lipinski definition) is 1. The second-order valence-electron chi connectivity index (χ2n) is 6.25. The first-order valence-electron chi connectivity index (χ1n) is 8.66. The summed E-state index contributed by atoms with van der Waals surface area (Å²) in [6.45, 7) is 0. The van der Waals surface area contributed by atoms with Crippen molar-refractivity contribution in [2.75, 3.05) is 5.32 Å². The van der Waals surface area contributed by atoms with E-state index in [0.717, 1.165) is 11.3 Å². The average Bonchev–Trinajstić information content (AvgIpc) is 2.74. The number of benzene rings is 3. The van der Waals surface area contributed by atoms with E-state index in [1.807, 2.05) is 42.5 Å². The second-order valence-corrected chi connectivity index (χ2v) is 6.25. The zero-order chi connectivity index (χ0) is 19.5. The van der Waals surface area contributed by atoms with Crippen molar-refractivity contribution in [3.05, 3.63) is 106 Å². The summed E-state index contributed by atoms with van der Waals surface area (Å²) in [4.78, 5) is 23.4. The fourth-order valence-corrected chi connectivity index (χ4v) is 3.03. The number of fused-ring (bicyclic) bond motifs is 1. The van der Waals surface area contributed by atoms with Gasteiger partial charge in [-0.3, -0.25) is 14.9 Å². The molecule has 7 heteroatoms. The van der Waals surface area contributed by atoms with Crippen LogP contribution in [0.3, 0.4) is 0 Å². The van der Waals surface area contributed by atoms with Crippen LogP contribution in [0, 0.1) is 10.1 Å². The van der Waals surface area contributed by atoms with Crippen LogP contribution in [-0.2, 0) is 0 Å². The number of anilines is 1. The van der Waals surface area contributed by atoms with Crippen LogP contribution in [-0.4, -0.2) is 22.1 Å². The lowest BCUT2D eigenvalue weighted by Gasteiger charge is -2.34. The van der Waals surface area contributed by atoms with E-state index in [9.17, 15) is 14.9 Å². The lowest BCUT2D eigenvalue weighted by Crippen LogP contribution is -2.39. The highest BCUT2D eigenvalue weighted by Crippen LogP contribution is 2.33. The molecule has 0 radical (unpaired) electrons. The Morgan fingerprint density at radius 2 is 1.64 bits per heavy atom. The fourth-order valence-electron chi connectivity index (χ4n) is 3.03. The molecule has 0 spiro atoms. The maximum Gasteiger partial charge on any atom is 0.278 e. The number of para-hydroxylation sites is 1. The number of nitrogens with zero attached hydrogens (tertiary/aromatic N) is 3. The molecule has 0 saturated heterocycles. The SMILES string of the molecule is O=C1c2ccccc2NC(c2ccccc2)N1/N=C/c1ccc([N+](=O)[O-])cc1. The third-order valence-corrected chi connectivity index (χ3v) is 4.45. The van der Waals surface area contributed by atoms with Gasteiger partial charge in [-0.2, -0.15) is 5.10 Å². The van der Waals surface area contributed by atoms with Crippen molar-refractivity contribution in [2.45, 2.75) is 6.17 Å². The summed E-state index contributed by atoms with van der Waals surface area (Å²) in [6.07, 6.45) is 1.06. The second kappa shape index (κ2) is 7.32. The maximum atomic E-state index is 13.0.